The van der Waals surface area contributed by atoms with E-state index < -0.39 is 0 Å². The normalized spacial score (nSPS) is 11.3. The lowest BCUT2D eigenvalue weighted by molar-refractivity contribution is -0.110. The van der Waals surface area contributed by atoms with Gasteiger partial charge in [-0.1, -0.05) is 65.7 Å². The van der Waals surface area contributed by atoms with E-state index in [1.807, 2.05) is 42.5 Å². The summed E-state index contributed by atoms with van der Waals surface area (Å²) < 4.78 is 6.99. The molecule has 3 rings (SSSR count). The highest BCUT2D eigenvalue weighted by atomic mass is 127. The predicted octanol–water partition coefficient (Wildman–Crippen LogP) is 7.47. The highest BCUT2D eigenvalue weighted by Crippen LogP contribution is 2.26. The van der Waals surface area contributed by atoms with E-state index in [1.54, 1.807) is 30.4 Å². The molecule has 0 bridgehead atoms. The van der Waals surface area contributed by atoms with Crippen molar-refractivity contribution in [3.63, 3.8) is 0 Å². The molecule has 2 nitrogen and oxygen atoms in total. The third-order valence-electron chi connectivity index (χ3n) is 4.02. The average Bonchev–Trinajstić information content (AvgIpc) is 2.72. The Bertz CT molecular complexity index is 1060. The number of benzene rings is 3. The van der Waals surface area contributed by atoms with Crippen molar-refractivity contribution in [2.45, 2.75) is 6.61 Å². The van der Waals surface area contributed by atoms with Crippen molar-refractivity contribution < 1.29 is 9.53 Å². The predicted molar refractivity (Wildman–Crippen MR) is 129 cm³/mol. The summed E-state index contributed by atoms with van der Waals surface area (Å²) in [5.41, 5.74) is 2.74. The molecule has 0 saturated heterocycles. The first-order chi connectivity index (χ1) is 14.0. The van der Waals surface area contributed by atoms with Crippen molar-refractivity contribution in [2.75, 3.05) is 0 Å². The Kier molecular flexibility index (Phi) is 7.92. The molecule has 146 valence electrons. The van der Waals surface area contributed by atoms with Gasteiger partial charge in [0.25, 0.3) is 0 Å². The number of rotatable bonds is 7. The van der Waals surface area contributed by atoms with Crippen molar-refractivity contribution in [1.29, 1.82) is 0 Å². The van der Waals surface area contributed by atoms with Crippen LogP contribution in [0.25, 0.3) is 12.2 Å². The van der Waals surface area contributed by atoms with E-state index in [0.29, 0.717) is 22.2 Å². The molecule has 0 aliphatic heterocycles. The third-order valence-corrected chi connectivity index (χ3v) is 5.53. The van der Waals surface area contributed by atoms with Gasteiger partial charge in [0.1, 0.15) is 12.4 Å². The first-order valence-electron chi connectivity index (χ1n) is 8.83. The summed E-state index contributed by atoms with van der Waals surface area (Å²) in [5.74, 6) is 0.642. The van der Waals surface area contributed by atoms with E-state index in [-0.39, 0.29) is 5.78 Å². The molecule has 29 heavy (non-hydrogen) atoms. The Morgan fingerprint density at radius 1 is 0.931 bits per heavy atom. The van der Waals surface area contributed by atoms with Gasteiger partial charge in [0.15, 0.2) is 5.78 Å². The summed E-state index contributed by atoms with van der Waals surface area (Å²) in [4.78, 5) is 12.1. The maximum atomic E-state index is 12.1. The number of carbonyl (C=O) groups is 1. The van der Waals surface area contributed by atoms with E-state index in [4.69, 9.17) is 27.9 Å². The second-order valence-corrected chi connectivity index (χ2v) is 8.23. The Labute approximate surface area is 193 Å². The number of allylic oxidation sites excluding steroid dienone is 2. The second-order valence-electron chi connectivity index (χ2n) is 6.20. The van der Waals surface area contributed by atoms with Crippen LogP contribution in [0, 0.1) is 3.57 Å². The molecule has 0 spiro atoms. The molecule has 0 unspecified atom stereocenters. The van der Waals surface area contributed by atoms with E-state index >= 15 is 0 Å². The Balaban J connectivity index is 1.56. The van der Waals surface area contributed by atoms with Gasteiger partial charge in [0.2, 0.25) is 0 Å². The van der Waals surface area contributed by atoms with Crippen LogP contribution in [-0.4, -0.2) is 5.78 Å². The van der Waals surface area contributed by atoms with Gasteiger partial charge in [-0.2, -0.15) is 0 Å². The topological polar surface area (TPSA) is 26.3 Å². The molecule has 0 aromatic heterocycles. The summed E-state index contributed by atoms with van der Waals surface area (Å²) in [5, 5.41) is 0.893. The molecule has 0 atom stereocenters. The number of carbonyl (C=O) groups excluding carboxylic acids is 1. The Hall–Kier alpha value is -2.08. The van der Waals surface area contributed by atoms with Gasteiger partial charge in [-0.15, -0.1) is 0 Å². The summed E-state index contributed by atoms with van der Waals surface area (Å²) in [6.45, 7) is 0.515. The molecular weight excluding hydrogens is 518 g/mol. The molecule has 0 saturated carbocycles. The summed E-state index contributed by atoms with van der Waals surface area (Å²) in [6, 6.07) is 21.1. The van der Waals surface area contributed by atoms with E-state index in [2.05, 4.69) is 28.7 Å². The zero-order chi connectivity index (χ0) is 20.6. The smallest absolute Gasteiger partial charge is 0.178 e. The van der Waals surface area contributed by atoms with Crippen LogP contribution in [0.15, 0.2) is 78.9 Å². The number of hydrogen-bond donors (Lipinski definition) is 0. The molecule has 5 heteroatoms. The highest BCUT2D eigenvalue weighted by Gasteiger charge is 2.01. The molecule has 0 heterocycles. The SMILES string of the molecule is O=C(/C=C/c1ccc(OCc2cccc(I)c2)cc1)/C=C/c1cccc(Cl)c1Cl. The van der Waals surface area contributed by atoms with Gasteiger partial charge >= 0.3 is 0 Å². The number of ketones is 1. The fraction of sp³-hybridized carbons (Fsp3) is 0.0417. The summed E-state index contributed by atoms with van der Waals surface area (Å²) in [7, 11) is 0. The quantitative estimate of drug-likeness (QED) is 0.232. The zero-order valence-electron chi connectivity index (χ0n) is 15.3. The second kappa shape index (κ2) is 10.6. The van der Waals surface area contributed by atoms with Crippen LogP contribution in [-0.2, 0) is 11.4 Å². The van der Waals surface area contributed by atoms with Crippen LogP contribution in [0.2, 0.25) is 10.0 Å². The molecule has 3 aromatic rings. The minimum Gasteiger partial charge on any atom is -0.489 e. The fourth-order valence-corrected chi connectivity index (χ4v) is 3.50. The van der Waals surface area contributed by atoms with E-state index in [0.717, 1.165) is 16.9 Å². The number of hydrogen-bond acceptors (Lipinski definition) is 2. The molecule has 0 N–H and O–H groups in total. The average molecular weight is 535 g/mol. The first kappa shape index (κ1) is 21.6. The summed E-state index contributed by atoms with van der Waals surface area (Å²) >= 11 is 14.4. The maximum absolute atomic E-state index is 12.1. The van der Waals surface area contributed by atoms with Gasteiger partial charge in [0.05, 0.1) is 10.0 Å². The minimum atomic E-state index is -0.139. The van der Waals surface area contributed by atoms with Crippen LogP contribution in [0.3, 0.4) is 0 Å². The van der Waals surface area contributed by atoms with Crippen LogP contribution in [0.4, 0.5) is 0 Å². The van der Waals surface area contributed by atoms with Crippen molar-refractivity contribution >= 4 is 63.7 Å². The number of ether oxygens (including phenoxy) is 1. The molecule has 0 aliphatic rings. The van der Waals surface area contributed by atoms with Gasteiger partial charge in [-0.05, 0) is 87.8 Å². The summed E-state index contributed by atoms with van der Waals surface area (Å²) in [6.07, 6.45) is 6.39. The van der Waals surface area contributed by atoms with Gasteiger partial charge < -0.3 is 4.74 Å². The molecule has 3 aromatic carbocycles. The van der Waals surface area contributed by atoms with Crippen LogP contribution < -0.4 is 4.74 Å². The lowest BCUT2D eigenvalue weighted by Crippen LogP contribution is -1.95. The third kappa shape index (κ3) is 6.74. The van der Waals surface area contributed by atoms with Crippen LogP contribution in [0.5, 0.6) is 5.75 Å². The van der Waals surface area contributed by atoms with Crippen LogP contribution in [0.1, 0.15) is 16.7 Å². The Morgan fingerprint density at radius 2 is 1.66 bits per heavy atom. The zero-order valence-corrected chi connectivity index (χ0v) is 19.0. The lowest BCUT2D eigenvalue weighted by Gasteiger charge is -2.07. The maximum Gasteiger partial charge on any atom is 0.178 e. The van der Waals surface area contributed by atoms with Gasteiger partial charge in [-0.3, -0.25) is 4.79 Å². The van der Waals surface area contributed by atoms with Crippen LogP contribution >= 0.6 is 45.8 Å². The molecule has 0 aliphatic carbocycles. The van der Waals surface area contributed by atoms with Crippen molar-refractivity contribution in [1.82, 2.24) is 0 Å². The molecule has 0 fully saturated rings. The highest BCUT2D eigenvalue weighted by molar-refractivity contribution is 14.1. The molecule has 0 amide bonds. The largest absolute Gasteiger partial charge is 0.489 e. The molecule has 0 radical (unpaired) electrons. The minimum absolute atomic E-state index is 0.139. The van der Waals surface area contributed by atoms with Crippen molar-refractivity contribution in [3.8, 4) is 5.75 Å². The van der Waals surface area contributed by atoms with E-state index in [9.17, 15) is 4.79 Å². The van der Waals surface area contributed by atoms with Gasteiger partial charge in [0, 0.05) is 3.57 Å². The Morgan fingerprint density at radius 3 is 2.41 bits per heavy atom. The van der Waals surface area contributed by atoms with E-state index in [1.165, 1.54) is 15.7 Å². The lowest BCUT2D eigenvalue weighted by atomic mass is 10.1. The standard InChI is InChI=1S/C24H17Cl2IO2/c25-23-6-2-4-19(24(23)26)10-12-21(28)11-7-17-8-13-22(14-9-17)29-16-18-3-1-5-20(27)15-18/h1-15H,16H2/b11-7+,12-10+. The van der Waals surface area contributed by atoms with Crippen molar-refractivity contribution in [3.05, 3.63) is 109 Å². The molecular formula is C24H17Cl2IO2. The fourth-order valence-electron chi connectivity index (χ4n) is 2.52. The van der Waals surface area contributed by atoms with Crippen molar-refractivity contribution in [2.24, 2.45) is 0 Å². The first-order valence-corrected chi connectivity index (χ1v) is 10.7. The number of halogens is 3. The van der Waals surface area contributed by atoms with Gasteiger partial charge in [-0.25, -0.2) is 0 Å². The monoisotopic (exact) mass is 534 g/mol.